The van der Waals surface area contributed by atoms with E-state index >= 15 is 0 Å². The number of carbonyl (C=O) groups excluding carboxylic acids is 1. The lowest BCUT2D eigenvalue weighted by Crippen LogP contribution is -2.42. The molecule has 1 fully saturated rings. The minimum Gasteiger partial charge on any atom is -0.469 e. The second kappa shape index (κ2) is 7.57. The Balaban J connectivity index is 1.99. The highest BCUT2D eigenvalue weighted by atomic mass is 16.5. The molecule has 0 aromatic heterocycles. The van der Waals surface area contributed by atoms with E-state index in [4.69, 9.17) is 10.5 Å². The summed E-state index contributed by atoms with van der Waals surface area (Å²) in [5, 5.41) is 0. The Bertz CT molecular complexity index is 439. The van der Waals surface area contributed by atoms with Gasteiger partial charge >= 0.3 is 5.97 Å². The molecule has 0 bridgehead atoms. The van der Waals surface area contributed by atoms with Gasteiger partial charge in [0.05, 0.1) is 13.0 Å². The summed E-state index contributed by atoms with van der Waals surface area (Å²) in [4.78, 5) is 14.4. The summed E-state index contributed by atoms with van der Waals surface area (Å²) in [7, 11) is 1.46. The van der Waals surface area contributed by atoms with Crippen LogP contribution in [-0.4, -0.2) is 43.7 Å². The predicted octanol–water partition coefficient (Wildman–Crippen LogP) is 2.00. The van der Waals surface area contributed by atoms with Crippen LogP contribution in [0.15, 0.2) is 30.3 Å². The van der Waals surface area contributed by atoms with Gasteiger partial charge < -0.3 is 15.4 Å². The van der Waals surface area contributed by atoms with Crippen LogP contribution in [0.4, 0.5) is 0 Å². The highest BCUT2D eigenvalue weighted by Crippen LogP contribution is 2.24. The molecule has 1 aromatic carbocycles. The van der Waals surface area contributed by atoms with Crippen molar-refractivity contribution in [3.63, 3.8) is 0 Å². The maximum absolute atomic E-state index is 12.1. The molecule has 21 heavy (non-hydrogen) atoms. The molecule has 1 heterocycles. The van der Waals surface area contributed by atoms with E-state index in [0.29, 0.717) is 5.92 Å². The first-order chi connectivity index (χ1) is 10.1. The number of ether oxygens (including phenoxy) is 1. The molecule has 4 nitrogen and oxygen atoms in total. The molecule has 0 aliphatic carbocycles. The number of benzene rings is 1. The summed E-state index contributed by atoms with van der Waals surface area (Å²) in [5.74, 6) is 0.244. The first-order valence-corrected chi connectivity index (χ1v) is 7.72. The van der Waals surface area contributed by atoms with Gasteiger partial charge in [-0.2, -0.15) is 0 Å². The molecular formula is C17H26N2O2. The van der Waals surface area contributed by atoms with Gasteiger partial charge in [-0.1, -0.05) is 30.3 Å². The molecular weight excluding hydrogens is 264 g/mol. The van der Waals surface area contributed by atoms with Crippen molar-refractivity contribution in [2.24, 2.45) is 11.7 Å². The summed E-state index contributed by atoms with van der Waals surface area (Å²) < 4.78 is 4.98. The van der Waals surface area contributed by atoms with Crippen LogP contribution < -0.4 is 5.73 Å². The van der Waals surface area contributed by atoms with Gasteiger partial charge in [-0.15, -0.1) is 0 Å². The van der Waals surface area contributed by atoms with Gasteiger partial charge in [0.1, 0.15) is 0 Å². The minimum atomic E-state index is -0.206. The monoisotopic (exact) mass is 290 g/mol. The molecule has 1 aromatic rings. The van der Waals surface area contributed by atoms with E-state index < -0.39 is 0 Å². The summed E-state index contributed by atoms with van der Waals surface area (Å²) >= 11 is 0. The number of rotatable bonds is 5. The number of hydrogen-bond donors (Lipinski definition) is 1. The van der Waals surface area contributed by atoms with E-state index in [1.165, 1.54) is 7.11 Å². The molecule has 0 amide bonds. The molecule has 2 N–H and O–H groups in total. The molecule has 0 spiro atoms. The van der Waals surface area contributed by atoms with Crippen molar-refractivity contribution in [1.29, 1.82) is 0 Å². The molecule has 0 saturated carbocycles. The van der Waals surface area contributed by atoms with Crippen molar-refractivity contribution in [3.8, 4) is 0 Å². The maximum atomic E-state index is 12.1. The van der Waals surface area contributed by atoms with Crippen molar-refractivity contribution >= 4 is 5.97 Å². The van der Waals surface area contributed by atoms with Gasteiger partial charge in [0.2, 0.25) is 0 Å². The normalized spacial score (nSPS) is 20.0. The highest BCUT2D eigenvalue weighted by Gasteiger charge is 2.27. The highest BCUT2D eigenvalue weighted by molar-refractivity contribution is 5.78. The van der Waals surface area contributed by atoms with E-state index in [1.54, 1.807) is 0 Å². The van der Waals surface area contributed by atoms with Crippen molar-refractivity contribution in [2.45, 2.75) is 31.7 Å². The molecule has 2 unspecified atom stereocenters. The Labute approximate surface area is 127 Å². The molecule has 116 valence electrons. The summed E-state index contributed by atoms with van der Waals surface area (Å²) in [6, 6.07) is 10.2. The van der Waals surface area contributed by atoms with E-state index in [0.717, 1.165) is 38.0 Å². The van der Waals surface area contributed by atoms with Gasteiger partial charge in [-0.3, -0.25) is 4.79 Å². The average Bonchev–Trinajstić information content (AvgIpc) is 2.53. The number of likely N-dealkylation sites (tertiary alicyclic amines) is 1. The molecule has 0 radical (unpaired) electrons. The van der Waals surface area contributed by atoms with Gasteiger partial charge in [-0.05, 0) is 44.3 Å². The molecule has 2 rings (SSSR count). The fourth-order valence-electron chi connectivity index (χ4n) is 3.06. The van der Waals surface area contributed by atoms with Gasteiger partial charge in [0.25, 0.3) is 0 Å². The topological polar surface area (TPSA) is 55.6 Å². The van der Waals surface area contributed by atoms with Crippen LogP contribution in [0, 0.1) is 5.92 Å². The summed E-state index contributed by atoms with van der Waals surface area (Å²) in [6.07, 6.45) is 2.22. The first kappa shape index (κ1) is 16.0. The van der Waals surface area contributed by atoms with Crippen LogP contribution in [0.1, 0.15) is 31.2 Å². The SMILES string of the molecule is COC(=O)C(CN1CCC(C(C)N)CC1)c1ccccc1. The van der Waals surface area contributed by atoms with E-state index in [1.807, 2.05) is 30.3 Å². The Morgan fingerprint density at radius 1 is 1.33 bits per heavy atom. The van der Waals surface area contributed by atoms with Crippen LogP contribution in [-0.2, 0) is 9.53 Å². The van der Waals surface area contributed by atoms with Crippen LogP contribution in [0.25, 0.3) is 0 Å². The van der Waals surface area contributed by atoms with Crippen molar-refractivity contribution < 1.29 is 9.53 Å². The maximum Gasteiger partial charge on any atom is 0.314 e. The largest absolute Gasteiger partial charge is 0.469 e. The van der Waals surface area contributed by atoms with Crippen LogP contribution in [0.5, 0.6) is 0 Å². The third-order valence-corrected chi connectivity index (χ3v) is 4.50. The molecule has 1 saturated heterocycles. The zero-order chi connectivity index (χ0) is 15.2. The quantitative estimate of drug-likeness (QED) is 0.843. The third-order valence-electron chi connectivity index (χ3n) is 4.50. The van der Waals surface area contributed by atoms with Crippen molar-refractivity contribution in [1.82, 2.24) is 4.90 Å². The lowest BCUT2D eigenvalue weighted by molar-refractivity contribution is -0.143. The Hall–Kier alpha value is -1.39. The second-order valence-electron chi connectivity index (χ2n) is 5.98. The summed E-state index contributed by atoms with van der Waals surface area (Å²) in [6.45, 7) is 4.82. The van der Waals surface area contributed by atoms with Gasteiger partial charge in [-0.25, -0.2) is 0 Å². The van der Waals surface area contributed by atoms with E-state index in [9.17, 15) is 4.79 Å². The number of nitrogens with zero attached hydrogens (tertiary/aromatic N) is 1. The lowest BCUT2D eigenvalue weighted by Gasteiger charge is -2.35. The zero-order valence-corrected chi connectivity index (χ0v) is 13.0. The average molecular weight is 290 g/mol. The fraction of sp³-hybridized carbons (Fsp3) is 0.588. The Morgan fingerprint density at radius 3 is 2.48 bits per heavy atom. The third kappa shape index (κ3) is 4.29. The first-order valence-electron chi connectivity index (χ1n) is 7.72. The number of piperidine rings is 1. The Kier molecular flexibility index (Phi) is 5.76. The molecule has 2 atom stereocenters. The minimum absolute atomic E-state index is 0.157. The van der Waals surface area contributed by atoms with Crippen LogP contribution >= 0.6 is 0 Å². The number of hydrogen-bond acceptors (Lipinski definition) is 4. The van der Waals surface area contributed by atoms with Crippen molar-refractivity contribution in [2.75, 3.05) is 26.7 Å². The van der Waals surface area contributed by atoms with Gasteiger partial charge in [0.15, 0.2) is 0 Å². The number of methoxy groups -OCH3 is 1. The fourth-order valence-corrected chi connectivity index (χ4v) is 3.06. The smallest absolute Gasteiger partial charge is 0.314 e. The zero-order valence-electron chi connectivity index (χ0n) is 13.0. The van der Waals surface area contributed by atoms with Crippen molar-refractivity contribution in [3.05, 3.63) is 35.9 Å². The predicted molar refractivity (Wildman–Crippen MR) is 84.0 cm³/mol. The molecule has 1 aliphatic rings. The number of carbonyl (C=O) groups is 1. The van der Waals surface area contributed by atoms with E-state index in [2.05, 4.69) is 11.8 Å². The molecule has 1 aliphatic heterocycles. The molecule has 4 heteroatoms. The van der Waals surface area contributed by atoms with Crippen LogP contribution in [0.3, 0.4) is 0 Å². The lowest BCUT2D eigenvalue weighted by atomic mass is 9.90. The van der Waals surface area contributed by atoms with Gasteiger partial charge in [0, 0.05) is 12.6 Å². The Morgan fingerprint density at radius 2 is 1.95 bits per heavy atom. The van der Waals surface area contributed by atoms with Crippen LogP contribution in [0.2, 0.25) is 0 Å². The number of nitrogens with two attached hydrogens (primary N) is 1. The van der Waals surface area contributed by atoms with E-state index in [-0.39, 0.29) is 17.9 Å². The number of esters is 1. The second-order valence-corrected chi connectivity index (χ2v) is 5.98. The standard InChI is InChI=1S/C17H26N2O2/c1-13(18)14-8-10-19(11-9-14)12-16(17(20)21-2)15-6-4-3-5-7-15/h3-7,13-14,16H,8-12,18H2,1-2H3. The summed E-state index contributed by atoms with van der Waals surface area (Å²) in [5.41, 5.74) is 7.01.